The zero-order valence-corrected chi connectivity index (χ0v) is 14.3. The van der Waals surface area contributed by atoms with Gasteiger partial charge in [-0.15, -0.1) is 0 Å². The molecule has 0 bridgehead atoms. The molecule has 1 N–H and O–H groups in total. The van der Waals surface area contributed by atoms with E-state index in [0.29, 0.717) is 11.4 Å². The highest BCUT2D eigenvalue weighted by Crippen LogP contribution is 2.21. The fourth-order valence-corrected chi connectivity index (χ4v) is 2.74. The molecule has 7 heteroatoms. The third-order valence-corrected chi connectivity index (χ3v) is 4.24. The normalized spacial score (nSPS) is 15.1. The van der Waals surface area contributed by atoms with Crippen LogP contribution in [-0.2, 0) is 0 Å². The van der Waals surface area contributed by atoms with Crippen molar-refractivity contribution >= 4 is 17.4 Å². The van der Waals surface area contributed by atoms with Crippen LogP contribution in [0.5, 0.6) is 5.75 Å². The summed E-state index contributed by atoms with van der Waals surface area (Å²) >= 11 is 0. The molecule has 0 atom stereocenters. The molecule has 0 spiro atoms. The lowest BCUT2D eigenvalue weighted by atomic mass is 10.1. The van der Waals surface area contributed by atoms with E-state index < -0.39 is 11.7 Å². The number of piperazine rings is 1. The summed E-state index contributed by atoms with van der Waals surface area (Å²) in [7, 11) is 3.54. The first kappa shape index (κ1) is 17.2. The third kappa shape index (κ3) is 4.06. The summed E-state index contributed by atoms with van der Waals surface area (Å²) < 4.78 is 18.5. The predicted molar refractivity (Wildman–Crippen MR) is 94.9 cm³/mol. The van der Waals surface area contributed by atoms with Gasteiger partial charge in [0, 0.05) is 26.2 Å². The molecule has 0 aliphatic carbocycles. The highest BCUT2D eigenvalue weighted by atomic mass is 19.1. The topological polar surface area (TPSA) is 57.7 Å². The molecule has 0 saturated carbocycles. The summed E-state index contributed by atoms with van der Waals surface area (Å²) in [4.78, 5) is 21.3. The van der Waals surface area contributed by atoms with Crippen LogP contribution in [0.3, 0.4) is 0 Å². The fourth-order valence-electron chi connectivity index (χ4n) is 2.74. The summed E-state index contributed by atoms with van der Waals surface area (Å²) in [6.45, 7) is 3.85. The Kier molecular flexibility index (Phi) is 5.14. The van der Waals surface area contributed by atoms with E-state index >= 15 is 0 Å². The smallest absolute Gasteiger partial charge is 0.259 e. The molecule has 0 unspecified atom stereocenters. The van der Waals surface area contributed by atoms with Gasteiger partial charge in [0.1, 0.15) is 17.4 Å². The number of carbonyl (C=O) groups is 1. The summed E-state index contributed by atoms with van der Waals surface area (Å²) in [6.07, 6.45) is 1.61. The SMILES string of the molecule is COc1ccc(F)cc1C(=O)Nc1ccc(N2CCN(C)CC2)nc1. The third-order valence-electron chi connectivity index (χ3n) is 4.24. The number of hydrogen-bond acceptors (Lipinski definition) is 5. The minimum Gasteiger partial charge on any atom is -0.496 e. The molecule has 1 amide bonds. The molecule has 1 aromatic carbocycles. The molecule has 3 rings (SSSR count). The van der Waals surface area contributed by atoms with E-state index in [1.165, 1.54) is 19.2 Å². The van der Waals surface area contributed by atoms with Gasteiger partial charge in [-0.3, -0.25) is 4.79 Å². The second kappa shape index (κ2) is 7.48. The number of likely N-dealkylation sites (N-methyl/N-ethyl adjacent to an activating group) is 1. The molecular weight excluding hydrogens is 323 g/mol. The van der Waals surface area contributed by atoms with E-state index in [-0.39, 0.29) is 5.56 Å². The first-order chi connectivity index (χ1) is 12.1. The molecule has 1 aromatic heterocycles. The Morgan fingerprint density at radius 1 is 1.20 bits per heavy atom. The number of pyridine rings is 1. The van der Waals surface area contributed by atoms with Crippen LogP contribution < -0.4 is 15.0 Å². The summed E-state index contributed by atoms with van der Waals surface area (Å²) in [5, 5.41) is 2.72. The second-order valence-corrected chi connectivity index (χ2v) is 5.99. The molecular formula is C18H21FN4O2. The van der Waals surface area contributed by atoms with Crippen LogP contribution >= 0.6 is 0 Å². The van der Waals surface area contributed by atoms with Crippen LogP contribution in [0.15, 0.2) is 36.5 Å². The summed E-state index contributed by atoms with van der Waals surface area (Å²) in [5.74, 6) is 0.273. The average molecular weight is 344 g/mol. The van der Waals surface area contributed by atoms with Crippen molar-refractivity contribution in [3.63, 3.8) is 0 Å². The zero-order valence-electron chi connectivity index (χ0n) is 14.3. The molecule has 1 aliphatic rings. The van der Waals surface area contributed by atoms with Crippen LogP contribution in [0.25, 0.3) is 0 Å². The molecule has 2 aromatic rings. The van der Waals surface area contributed by atoms with Gasteiger partial charge >= 0.3 is 0 Å². The molecule has 132 valence electrons. The number of halogens is 1. The van der Waals surface area contributed by atoms with Crippen LogP contribution in [-0.4, -0.2) is 56.1 Å². The largest absolute Gasteiger partial charge is 0.496 e. The van der Waals surface area contributed by atoms with Crippen LogP contribution in [0, 0.1) is 5.82 Å². The summed E-state index contributed by atoms with van der Waals surface area (Å²) in [6, 6.07) is 7.51. The number of anilines is 2. The molecule has 1 fully saturated rings. The number of carbonyl (C=O) groups excluding carboxylic acids is 1. The summed E-state index contributed by atoms with van der Waals surface area (Å²) in [5.41, 5.74) is 0.694. The molecule has 25 heavy (non-hydrogen) atoms. The molecule has 6 nitrogen and oxygen atoms in total. The van der Waals surface area contributed by atoms with Gasteiger partial charge in [-0.05, 0) is 37.4 Å². The Hall–Kier alpha value is -2.67. The standard InChI is InChI=1S/C18H21FN4O2/c1-22-7-9-23(10-8-22)17-6-4-14(12-20-17)21-18(24)15-11-13(19)3-5-16(15)25-2/h3-6,11-12H,7-10H2,1-2H3,(H,21,24). The van der Waals surface area contributed by atoms with E-state index in [2.05, 4.69) is 27.1 Å². The highest BCUT2D eigenvalue weighted by Gasteiger charge is 2.16. The lowest BCUT2D eigenvalue weighted by Gasteiger charge is -2.33. The maximum Gasteiger partial charge on any atom is 0.259 e. The van der Waals surface area contributed by atoms with Crippen LogP contribution in [0.1, 0.15) is 10.4 Å². The number of benzene rings is 1. The van der Waals surface area contributed by atoms with E-state index in [4.69, 9.17) is 4.74 Å². The number of hydrogen-bond donors (Lipinski definition) is 1. The van der Waals surface area contributed by atoms with Crippen LogP contribution in [0.4, 0.5) is 15.9 Å². The Morgan fingerprint density at radius 2 is 1.96 bits per heavy atom. The zero-order chi connectivity index (χ0) is 17.8. The van der Waals surface area contributed by atoms with Gasteiger partial charge in [-0.2, -0.15) is 0 Å². The number of nitrogens with zero attached hydrogens (tertiary/aromatic N) is 3. The van der Waals surface area contributed by atoms with E-state index in [9.17, 15) is 9.18 Å². The Bertz CT molecular complexity index is 743. The van der Waals surface area contributed by atoms with Crippen molar-refractivity contribution in [3.8, 4) is 5.75 Å². The maximum absolute atomic E-state index is 13.4. The Morgan fingerprint density at radius 3 is 2.60 bits per heavy atom. The van der Waals surface area contributed by atoms with Crippen molar-refractivity contribution in [2.24, 2.45) is 0 Å². The first-order valence-corrected chi connectivity index (χ1v) is 8.11. The fraction of sp³-hybridized carbons (Fsp3) is 0.333. The Labute approximate surface area is 146 Å². The number of nitrogens with one attached hydrogen (secondary N) is 1. The minimum absolute atomic E-state index is 0.144. The monoisotopic (exact) mass is 344 g/mol. The van der Waals surface area contributed by atoms with E-state index in [1.807, 2.05) is 6.07 Å². The molecule has 1 saturated heterocycles. The average Bonchev–Trinajstić information content (AvgIpc) is 2.63. The van der Waals surface area contributed by atoms with Crippen molar-refractivity contribution < 1.29 is 13.9 Å². The van der Waals surface area contributed by atoms with Crippen LogP contribution in [0.2, 0.25) is 0 Å². The minimum atomic E-state index is -0.491. The van der Waals surface area contributed by atoms with Crippen molar-refractivity contribution in [3.05, 3.63) is 47.9 Å². The lowest BCUT2D eigenvalue weighted by Crippen LogP contribution is -2.44. The number of amides is 1. The van der Waals surface area contributed by atoms with Gasteiger partial charge in [-0.1, -0.05) is 0 Å². The molecule has 1 aliphatic heterocycles. The van der Waals surface area contributed by atoms with Gasteiger partial charge < -0.3 is 19.9 Å². The predicted octanol–water partition coefficient (Wildman–Crippen LogP) is 2.23. The van der Waals surface area contributed by atoms with Crippen molar-refractivity contribution in [2.75, 3.05) is 50.6 Å². The Balaban J connectivity index is 1.69. The number of rotatable bonds is 4. The lowest BCUT2D eigenvalue weighted by molar-refractivity contribution is 0.102. The number of aromatic nitrogens is 1. The van der Waals surface area contributed by atoms with Gasteiger partial charge in [0.05, 0.1) is 24.6 Å². The van der Waals surface area contributed by atoms with Crippen molar-refractivity contribution in [2.45, 2.75) is 0 Å². The van der Waals surface area contributed by atoms with Gasteiger partial charge in [0.2, 0.25) is 0 Å². The highest BCUT2D eigenvalue weighted by molar-refractivity contribution is 6.06. The second-order valence-electron chi connectivity index (χ2n) is 5.99. The van der Waals surface area contributed by atoms with Crippen molar-refractivity contribution in [1.29, 1.82) is 0 Å². The van der Waals surface area contributed by atoms with E-state index in [0.717, 1.165) is 38.1 Å². The molecule has 0 radical (unpaired) electrons. The number of ether oxygens (including phenoxy) is 1. The molecule has 2 heterocycles. The maximum atomic E-state index is 13.4. The van der Waals surface area contributed by atoms with Gasteiger partial charge in [0.25, 0.3) is 5.91 Å². The number of methoxy groups -OCH3 is 1. The van der Waals surface area contributed by atoms with Crippen molar-refractivity contribution in [1.82, 2.24) is 9.88 Å². The first-order valence-electron chi connectivity index (χ1n) is 8.11. The quantitative estimate of drug-likeness (QED) is 0.922. The van der Waals surface area contributed by atoms with Gasteiger partial charge in [-0.25, -0.2) is 9.37 Å². The van der Waals surface area contributed by atoms with Gasteiger partial charge in [0.15, 0.2) is 0 Å². The van der Waals surface area contributed by atoms with E-state index in [1.54, 1.807) is 12.3 Å².